The molecule has 0 aromatic heterocycles. The third kappa shape index (κ3) is 6.03. The number of alkyl carbamates (subject to hydrolysis) is 1. The van der Waals surface area contributed by atoms with Gasteiger partial charge in [-0.2, -0.15) is 0 Å². The first kappa shape index (κ1) is 16.8. The van der Waals surface area contributed by atoms with Crippen LogP contribution >= 0.6 is 0 Å². The van der Waals surface area contributed by atoms with Gasteiger partial charge in [-0.05, 0) is 38.7 Å². The number of hydrogen-bond donors (Lipinski definition) is 1. The third-order valence-corrected chi connectivity index (χ3v) is 3.50. The van der Waals surface area contributed by atoms with E-state index < -0.39 is 5.79 Å². The van der Waals surface area contributed by atoms with Crippen molar-refractivity contribution in [1.82, 2.24) is 5.32 Å². The Kier molecular flexibility index (Phi) is 6.21. The van der Waals surface area contributed by atoms with Gasteiger partial charge in [0.1, 0.15) is 6.61 Å². The maximum atomic E-state index is 11.5. The number of carbonyl (C=O) groups is 1. The van der Waals surface area contributed by atoms with Gasteiger partial charge < -0.3 is 19.5 Å². The fourth-order valence-electron chi connectivity index (χ4n) is 2.37. The van der Waals surface area contributed by atoms with Crippen molar-refractivity contribution in [2.24, 2.45) is 0 Å². The molecule has 1 aliphatic heterocycles. The number of nitrogens with one attached hydrogen (secondary N) is 1. The summed E-state index contributed by atoms with van der Waals surface area (Å²) in [5.41, 5.74) is 0.985. The molecule has 1 heterocycles. The summed E-state index contributed by atoms with van der Waals surface area (Å²) < 4.78 is 16.4. The van der Waals surface area contributed by atoms with Crippen molar-refractivity contribution < 1.29 is 19.0 Å². The molecule has 1 saturated heterocycles. The molecule has 0 radical (unpaired) electrons. The number of unbranched alkanes of at least 4 members (excludes halogenated alkanes) is 1. The second-order valence-electron chi connectivity index (χ2n) is 5.93. The molecule has 22 heavy (non-hydrogen) atoms. The highest BCUT2D eigenvalue weighted by Gasteiger charge is 2.31. The van der Waals surface area contributed by atoms with Crippen LogP contribution in [0.3, 0.4) is 0 Å². The summed E-state index contributed by atoms with van der Waals surface area (Å²) in [6, 6.07) is 9.64. The van der Waals surface area contributed by atoms with Crippen LogP contribution < -0.4 is 5.32 Å². The van der Waals surface area contributed by atoms with Crippen LogP contribution in [0.1, 0.15) is 38.7 Å². The molecule has 122 valence electrons. The minimum absolute atomic E-state index is 0.167. The summed E-state index contributed by atoms with van der Waals surface area (Å²) in [5.74, 6) is -0.454. The lowest BCUT2D eigenvalue weighted by Gasteiger charge is -2.16. The third-order valence-electron chi connectivity index (χ3n) is 3.50. The molecular formula is C17H25NO4. The standard InChI is InChI=1S/C17H25NO4/c1-17(2)21-13-15(22-17)10-6-7-11-18-16(19)20-12-14-8-4-3-5-9-14/h3-5,8-9,15H,6-7,10-13H2,1-2H3,(H,18,19)/t15-/m1/s1. The fraction of sp³-hybridized carbons (Fsp3) is 0.588. The Hall–Kier alpha value is -1.59. The normalized spacial score (nSPS) is 19.8. The first-order valence-corrected chi connectivity index (χ1v) is 7.81. The van der Waals surface area contributed by atoms with Gasteiger partial charge in [0.15, 0.2) is 5.79 Å². The van der Waals surface area contributed by atoms with E-state index in [9.17, 15) is 4.79 Å². The molecule has 1 atom stereocenters. The highest BCUT2D eigenvalue weighted by atomic mass is 16.7. The summed E-state index contributed by atoms with van der Waals surface area (Å²) in [7, 11) is 0. The van der Waals surface area contributed by atoms with Crippen LogP contribution in [0.2, 0.25) is 0 Å². The van der Waals surface area contributed by atoms with E-state index in [1.165, 1.54) is 0 Å². The average molecular weight is 307 g/mol. The molecule has 0 spiro atoms. The Bertz CT molecular complexity index is 461. The van der Waals surface area contributed by atoms with Gasteiger partial charge in [0, 0.05) is 6.54 Å². The lowest BCUT2D eigenvalue weighted by Crippen LogP contribution is -2.25. The summed E-state index contributed by atoms with van der Waals surface area (Å²) in [6.07, 6.45) is 2.64. The van der Waals surface area contributed by atoms with E-state index in [1.807, 2.05) is 44.2 Å². The molecule has 2 rings (SSSR count). The monoisotopic (exact) mass is 307 g/mol. The van der Waals surface area contributed by atoms with Crippen LogP contribution in [0.5, 0.6) is 0 Å². The van der Waals surface area contributed by atoms with Crippen molar-refractivity contribution in [2.75, 3.05) is 13.2 Å². The molecule has 1 amide bonds. The van der Waals surface area contributed by atoms with E-state index >= 15 is 0 Å². The second-order valence-corrected chi connectivity index (χ2v) is 5.93. The lowest BCUT2D eigenvalue weighted by molar-refractivity contribution is -0.139. The van der Waals surface area contributed by atoms with E-state index in [0.717, 1.165) is 24.8 Å². The SMILES string of the molecule is CC1(C)OC[C@@H](CCCCNC(=O)OCc2ccccc2)O1. The molecule has 1 aromatic carbocycles. The lowest BCUT2D eigenvalue weighted by atomic mass is 10.1. The van der Waals surface area contributed by atoms with E-state index in [0.29, 0.717) is 19.8 Å². The van der Waals surface area contributed by atoms with E-state index in [1.54, 1.807) is 0 Å². The number of hydrogen-bond acceptors (Lipinski definition) is 4. The smallest absolute Gasteiger partial charge is 0.407 e. The van der Waals surface area contributed by atoms with Crippen molar-refractivity contribution in [3.05, 3.63) is 35.9 Å². The van der Waals surface area contributed by atoms with Crippen molar-refractivity contribution in [1.29, 1.82) is 0 Å². The predicted octanol–water partition coefficient (Wildman–Crippen LogP) is 3.23. The van der Waals surface area contributed by atoms with Gasteiger partial charge >= 0.3 is 6.09 Å². The minimum atomic E-state index is -0.454. The van der Waals surface area contributed by atoms with Crippen LogP contribution in [0.15, 0.2) is 30.3 Å². The molecule has 0 saturated carbocycles. The fourth-order valence-corrected chi connectivity index (χ4v) is 2.37. The second kappa shape index (κ2) is 8.15. The summed E-state index contributed by atoms with van der Waals surface area (Å²) in [6.45, 7) is 5.42. The predicted molar refractivity (Wildman–Crippen MR) is 83.4 cm³/mol. The topological polar surface area (TPSA) is 56.8 Å². The van der Waals surface area contributed by atoms with Crippen molar-refractivity contribution in [2.45, 2.75) is 51.6 Å². The number of carbonyl (C=O) groups excluding carboxylic acids is 1. The summed E-state index contributed by atoms with van der Waals surface area (Å²) >= 11 is 0. The Balaban J connectivity index is 1.49. The molecule has 1 aliphatic rings. The van der Waals surface area contributed by atoms with Crippen molar-refractivity contribution in [3.8, 4) is 0 Å². The molecule has 1 fully saturated rings. The van der Waals surface area contributed by atoms with E-state index in [2.05, 4.69) is 5.32 Å². The van der Waals surface area contributed by atoms with Gasteiger partial charge in [-0.1, -0.05) is 30.3 Å². The maximum absolute atomic E-state index is 11.5. The van der Waals surface area contributed by atoms with Crippen LogP contribution in [-0.2, 0) is 20.8 Å². The first-order chi connectivity index (χ1) is 10.6. The van der Waals surface area contributed by atoms with Crippen LogP contribution in [0.4, 0.5) is 4.79 Å². The number of rotatable bonds is 7. The van der Waals surface area contributed by atoms with Gasteiger partial charge in [-0.3, -0.25) is 0 Å². The Morgan fingerprint density at radius 2 is 2.09 bits per heavy atom. The van der Waals surface area contributed by atoms with E-state index in [-0.39, 0.29) is 12.2 Å². The van der Waals surface area contributed by atoms with Crippen molar-refractivity contribution >= 4 is 6.09 Å². The molecule has 0 unspecified atom stereocenters. The molecule has 1 aromatic rings. The summed E-state index contributed by atoms with van der Waals surface area (Å²) in [5, 5.41) is 2.76. The molecule has 0 aliphatic carbocycles. The summed E-state index contributed by atoms with van der Waals surface area (Å²) in [4.78, 5) is 11.5. The Morgan fingerprint density at radius 3 is 2.77 bits per heavy atom. The number of amides is 1. The Labute approximate surface area is 131 Å². The maximum Gasteiger partial charge on any atom is 0.407 e. The molecule has 1 N–H and O–H groups in total. The minimum Gasteiger partial charge on any atom is -0.445 e. The highest BCUT2D eigenvalue weighted by molar-refractivity contribution is 5.67. The van der Waals surface area contributed by atoms with E-state index in [4.69, 9.17) is 14.2 Å². The van der Waals surface area contributed by atoms with Crippen LogP contribution in [0.25, 0.3) is 0 Å². The van der Waals surface area contributed by atoms with Crippen LogP contribution in [0, 0.1) is 0 Å². The van der Waals surface area contributed by atoms with Gasteiger partial charge in [0.05, 0.1) is 12.7 Å². The van der Waals surface area contributed by atoms with Gasteiger partial charge in [-0.15, -0.1) is 0 Å². The zero-order valence-electron chi connectivity index (χ0n) is 13.3. The number of ether oxygens (including phenoxy) is 3. The highest BCUT2D eigenvalue weighted by Crippen LogP contribution is 2.24. The van der Waals surface area contributed by atoms with Gasteiger partial charge in [-0.25, -0.2) is 4.79 Å². The zero-order chi connectivity index (χ0) is 15.8. The molecule has 0 bridgehead atoms. The first-order valence-electron chi connectivity index (χ1n) is 7.81. The Morgan fingerprint density at radius 1 is 1.32 bits per heavy atom. The van der Waals surface area contributed by atoms with Gasteiger partial charge in [0.25, 0.3) is 0 Å². The van der Waals surface area contributed by atoms with Crippen LogP contribution in [-0.4, -0.2) is 31.1 Å². The molecule has 5 heteroatoms. The number of benzene rings is 1. The molecular weight excluding hydrogens is 282 g/mol. The zero-order valence-corrected chi connectivity index (χ0v) is 13.3. The quantitative estimate of drug-likeness (QED) is 0.786. The largest absolute Gasteiger partial charge is 0.445 e. The van der Waals surface area contributed by atoms with Crippen molar-refractivity contribution in [3.63, 3.8) is 0 Å². The van der Waals surface area contributed by atoms with Gasteiger partial charge in [0.2, 0.25) is 0 Å². The molecule has 5 nitrogen and oxygen atoms in total. The average Bonchev–Trinajstić information content (AvgIpc) is 2.85.